The van der Waals surface area contributed by atoms with Gasteiger partial charge in [-0.2, -0.15) is 0 Å². The summed E-state index contributed by atoms with van der Waals surface area (Å²) in [6.45, 7) is 2.37. The number of methoxy groups -OCH3 is 1. The fourth-order valence-electron chi connectivity index (χ4n) is 1.66. The van der Waals surface area contributed by atoms with Crippen LogP contribution in [0, 0.1) is 5.41 Å². The zero-order valence-corrected chi connectivity index (χ0v) is 10.1. The van der Waals surface area contributed by atoms with Crippen molar-refractivity contribution in [3.05, 3.63) is 35.4 Å². The molecule has 2 rings (SSSR count). The lowest BCUT2D eigenvalue weighted by atomic mass is 10.2. The van der Waals surface area contributed by atoms with Crippen LogP contribution < -0.4 is 10.3 Å². The number of rotatable bonds is 3. The predicted octanol–water partition coefficient (Wildman–Crippen LogP) is 2.10. The van der Waals surface area contributed by atoms with Crippen molar-refractivity contribution in [3.63, 3.8) is 0 Å². The Bertz CT molecular complexity index is 645. The van der Waals surface area contributed by atoms with Gasteiger partial charge in [-0.1, -0.05) is 12.1 Å². The lowest BCUT2D eigenvalue weighted by Gasteiger charge is -2.07. The van der Waals surface area contributed by atoms with E-state index in [1.807, 2.05) is 6.92 Å². The second-order valence-electron chi connectivity index (χ2n) is 3.59. The molecule has 0 aliphatic carbocycles. The summed E-state index contributed by atoms with van der Waals surface area (Å²) in [5.41, 5.74) is 0.317. The van der Waals surface area contributed by atoms with Gasteiger partial charge in [0.2, 0.25) is 5.55 Å². The Balaban J connectivity index is 2.67. The quantitative estimate of drug-likeness (QED) is 0.843. The minimum Gasteiger partial charge on any atom is -0.490 e. The van der Waals surface area contributed by atoms with Crippen molar-refractivity contribution in [2.45, 2.75) is 6.92 Å². The van der Waals surface area contributed by atoms with E-state index in [4.69, 9.17) is 14.6 Å². The average Bonchev–Trinajstić information content (AvgIpc) is 2.38. The van der Waals surface area contributed by atoms with E-state index in [-0.39, 0.29) is 11.1 Å². The van der Waals surface area contributed by atoms with E-state index in [1.165, 1.54) is 7.11 Å². The molecule has 94 valence electrons. The van der Waals surface area contributed by atoms with Crippen LogP contribution in [0.5, 0.6) is 5.75 Å². The number of carbonyl (C=O) groups excluding carboxylic acids is 1. The number of fused-ring (bicyclic) bond motifs is 1. The summed E-state index contributed by atoms with van der Waals surface area (Å²) in [6, 6.07) is 6.91. The highest BCUT2D eigenvalue weighted by Gasteiger charge is 2.13. The van der Waals surface area contributed by atoms with Crippen molar-refractivity contribution in [2.75, 3.05) is 13.7 Å². The number of esters is 1. The van der Waals surface area contributed by atoms with Gasteiger partial charge in [-0.3, -0.25) is 5.41 Å². The van der Waals surface area contributed by atoms with Crippen molar-refractivity contribution >= 4 is 16.9 Å². The SMILES string of the molecule is CCOc1cccc2cc(C(=O)OC)c(=N)oc12. The first kappa shape index (κ1) is 12.2. The molecule has 1 N–H and O–H groups in total. The van der Waals surface area contributed by atoms with Gasteiger partial charge < -0.3 is 13.9 Å². The fourth-order valence-corrected chi connectivity index (χ4v) is 1.66. The molecule has 5 nitrogen and oxygen atoms in total. The van der Waals surface area contributed by atoms with Crippen LogP contribution in [-0.2, 0) is 4.74 Å². The molecule has 0 saturated heterocycles. The maximum atomic E-state index is 11.5. The molecule has 1 aromatic heterocycles. The summed E-state index contributed by atoms with van der Waals surface area (Å²) in [5, 5.41) is 8.38. The highest BCUT2D eigenvalue weighted by molar-refractivity contribution is 5.93. The van der Waals surface area contributed by atoms with Crippen LogP contribution in [0.15, 0.2) is 28.7 Å². The molecule has 5 heteroatoms. The largest absolute Gasteiger partial charge is 0.490 e. The van der Waals surface area contributed by atoms with Crippen molar-refractivity contribution in [1.29, 1.82) is 5.41 Å². The van der Waals surface area contributed by atoms with Crippen molar-refractivity contribution in [3.8, 4) is 5.75 Å². The third-order valence-corrected chi connectivity index (χ3v) is 2.46. The third kappa shape index (κ3) is 2.07. The Morgan fingerprint density at radius 1 is 1.44 bits per heavy atom. The van der Waals surface area contributed by atoms with E-state index in [0.29, 0.717) is 23.3 Å². The van der Waals surface area contributed by atoms with Crippen molar-refractivity contribution in [1.82, 2.24) is 0 Å². The van der Waals surface area contributed by atoms with Gasteiger partial charge in [0.05, 0.1) is 13.7 Å². The predicted molar refractivity (Wildman–Crippen MR) is 64.6 cm³/mol. The van der Waals surface area contributed by atoms with Crippen LogP contribution in [0.2, 0.25) is 0 Å². The molecule has 0 radical (unpaired) electrons. The van der Waals surface area contributed by atoms with Gasteiger partial charge in [0, 0.05) is 5.39 Å². The molecule has 0 bridgehead atoms. The first-order valence-corrected chi connectivity index (χ1v) is 5.50. The summed E-state index contributed by atoms with van der Waals surface area (Å²) >= 11 is 0. The molecule has 0 aliphatic heterocycles. The van der Waals surface area contributed by atoms with Crippen LogP contribution in [0.4, 0.5) is 0 Å². The number of benzene rings is 1. The number of hydrogen-bond acceptors (Lipinski definition) is 5. The number of carbonyl (C=O) groups is 1. The maximum Gasteiger partial charge on any atom is 0.343 e. The van der Waals surface area contributed by atoms with Gasteiger partial charge in [0.25, 0.3) is 0 Å². The highest BCUT2D eigenvalue weighted by Crippen LogP contribution is 2.24. The molecular weight excluding hydrogens is 234 g/mol. The first-order chi connectivity index (χ1) is 8.67. The second-order valence-corrected chi connectivity index (χ2v) is 3.59. The third-order valence-electron chi connectivity index (χ3n) is 2.46. The molecule has 0 unspecified atom stereocenters. The Kier molecular flexibility index (Phi) is 3.32. The van der Waals surface area contributed by atoms with Crippen LogP contribution in [0.1, 0.15) is 17.3 Å². The lowest BCUT2D eigenvalue weighted by Crippen LogP contribution is -2.15. The van der Waals surface area contributed by atoms with E-state index in [2.05, 4.69) is 4.74 Å². The zero-order chi connectivity index (χ0) is 13.1. The number of para-hydroxylation sites is 1. The van der Waals surface area contributed by atoms with Crippen molar-refractivity contribution in [2.24, 2.45) is 0 Å². The Morgan fingerprint density at radius 3 is 2.89 bits per heavy atom. The van der Waals surface area contributed by atoms with Crippen LogP contribution in [0.3, 0.4) is 0 Å². The fraction of sp³-hybridized carbons (Fsp3) is 0.231. The van der Waals surface area contributed by atoms with E-state index in [0.717, 1.165) is 0 Å². The summed E-state index contributed by atoms with van der Waals surface area (Å²) in [7, 11) is 1.27. The molecule has 0 aliphatic rings. The van der Waals surface area contributed by atoms with E-state index in [1.54, 1.807) is 24.3 Å². The summed E-state index contributed by atoms with van der Waals surface area (Å²) in [6.07, 6.45) is 0. The molecule has 0 spiro atoms. The Hall–Kier alpha value is -2.30. The summed E-state index contributed by atoms with van der Waals surface area (Å²) in [5.74, 6) is -0.0348. The van der Waals surface area contributed by atoms with Gasteiger partial charge >= 0.3 is 5.97 Å². The normalized spacial score (nSPS) is 10.3. The van der Waals surface area contributed by atoms with Gasteiger partial charge in [-0.25, -0.2) is 4.79 Å². The smallest absolute Gasteiger partial charge is 0.343 e. The molecule has 0 fully saturated rings. The van der Waals surface area contributed by atoms with E-state index < -0.39 is 5.97 Å². The van der Waals surface area contributed by atoms with Crippen LogP contribution in [-0.4, -0.2) is 19.7 Å². The average molecular weight is 247 g/mol. The molecule has 1 aromatic carbocycles. The maximum absolute atomic E-state index is 11.5. The first-order valence-electron chi connectivity index (χ1n) is 5.50. The van der Waals surface area contributed by atoms with Crippen molar-refractivity contribution < 1.29 is 18.7 Å². The minimum absolute atomic E-state index is 0.0960. The standard InChI is InChI=1S/C13H13NO4/c1-3-17-10-6-4-5-8-7-9(13(15)16-2)12(14)18-11(8)10/h4-7,14H,3H2,1-2H3. The van der Waals surface area contributed by atoms with Gasteiger partial charge in [0.1, 0.15) is 5.56 Å². The van der Waals surface area contributed by atoms with Gasteiger partial charge in [-0.05, 0) is 19.1 Å². The van der Waals surface area contributed by atoms with E-state index >= 15 is 0 Å². The Morgan fingerprint density at radius 2 is 2.22 bits per heavy atom. The monoisotopic (exact) mass is 247 g/mol. The van der Waals surface area contributed by atoms with Crippen LogP contribution >= 0.6 is 0 Å². The molecule has 2 aromatic rings. The molecule has 18 heavy (non-hydrogen) atoms. The number of hydrogen-bond donors (Lipinski definition) is 1. The second kappa shape index (κ2) is 4.91. The molecule has 0 amide bonds. The number of nitrogens with one attached hydrogen (secondary N) is 1. The summed E-state index contributed by atoms with van der Waals surface area (Å²) < 4.78 is 15.3. The molecular formula is C13H13NO4. The zero-order valence-electron chi connectivity index (χ0n) is 10.1. The van der Waals surface area contributed by atoms with Crippen LogP contribution in [0.25, 0.3) is 11.0 Å². The van der Waals surface area contributed by atoms with Gasteiger partial charge in [-0.15, -0.1) is 0 Å². The minimum atomic E-state index is -0.590. The van der Waals surface area contributed by atoms with Gasteiger partial charge in [0.15, 0.2) is 11.3 Å². The summed E-state index contributed by atoms with van der Waals surface area (Å²) in [4.78, 5) is 11.5. The molecule has 0 saturated carbocycles. The van der Waals surface area contributed by atoms with E-state index in [9.17, 15) is 4.79 Å². The molecule has 0 atom stereocenters. The lowest BCUT2D eigenvalue weighted by molar-refractivity contribution is 0.0595. The Labute approximate surface area is 103 Å². The molecule has 1 heterocycles. The topological polar surface area (TPSA) is 72.5 Å². The highest BCUT2D eigenvalue weighted by atomic mass is 16.5. The number of ether oxygens (including phenoxy) is 2.